The second-order valence-electron chi connectivity index (χ2n) is 7.44. The monoisotopic (exact) mass is 437 g/mol. The first-order valence-corrected chi connectivity index (χ1v) is 9.80. The molecule has 11 nitrogen and oxygen atoms in total. The normalized spacial score (nSPS) is 12.9. The van der Waals surface area contributed by atoms with E-state index in [-0.39, 0.29) is 5.56 Å². The van der Waals surface area contributed by atoms with Gasteiger partial charge in [-0.05, 0) is 30.5 Å². The van der Waals surface area contributed by atoms with Gasteiger partial charge in [0, 0.05) is 24.1 Å². The summed E-state index contributed by atoms with van der Waals surface area (Å²) in [5.41, 5.74) is 0.525. The number of nitro benzene ring substituents is 2. The van der Waals surface area contributed by atoms with Gasteiger partial charge in [-0.25, -0.2) is 4.68 Å². The highest BCUT2D eigenvalue weighted by molar-refractivity contribution is 6.04. The molecule has 1 amide bonds. The highest BCUT2D eigenvalue weighted by atomic mass is 16.6. The van der Waals surface area contributed by atoms with Crippen LogP contribution in [-0.4, -0.2) is 32.6 Å². The number of nitro groups is 2. The maximum absolute atomic E-state index is 12.8. The van der Waals surface area contributed by atoms with E-state index in [4.69, 9.17) is 4.74 Å². The van der Waals surface area contributed by atoms with Gasteiger partial charge in [-0.3, -0.25) is 25.0 Å². The number of carbonyl (C=O) groups excluding carboxylic acids is 1. The molecule has 32 heavy (non-hydrogen) atoms. The Balaban J connectivity index is 1.62. The lowest BCUT2D eigenvalue weighted by Crippen LogP contribution is -2.16. The maximum Gasteiger partial charge on any atom is 0.277 e. The molecule has 0 unspecified atom stereocenters. The summed E-state index contributed by atoms with van der Waals surface area (Å²) in [5, 5.41) is 29.5. The summed E-state index contributed by atoms with van der Waals surface area (Å²) in [4.78, 5) is 33.5. The number of benzene rings is 2. The van der Waals surface area contributed by atoms with E-state index in [2.05, 4.69) is 10.4 Å². The highest BCUT2D eigenvalue weighted by Gasteiger charge is 2.28. The lowest BCUT2D eigenvalue weighted by molar-refractivity contribution is -0.394. The van der Waals surface area contributed by atoms with Gasteiger partial charge in [0.05, 0.1) is 40.8 Å². The van der Waals surface area contributed by atoms with Crippen LogP contribution in [0.2, 0.25) is 0 Å². The van der Waals surface area contributed by atoms with E-state index < -0.39 is 27.1 Å². The SMILES string of the molecule is COc1ccc(Cn2nc(C3CC3)cc2NC(=O)c2cc([N+](=O)[O-])cc([N+](=O)[O-])c2)cc1. The molecule has 1 heterocycles. The Kier molecular flexibility index (Phi) is 5.54. The fourth-order valence-electron chi connectivity index (χ4n) is 3.27. The van der Waals surface area contributed by atoms with Crippen LogP contribution in [0.5, 0.6) is 5.75 Å². The van der Waals surface area contributed by atoms with Crippen LogP contribution in [-0.2, 0) is 6.54 Å². The van der Waals surface area contributed by atoms with E-state index in [1.807, 2.05) is 24.3 Å². The van der Waals surface area contributed by atoms with Crippen molar-refractivity contribution in [2.75, 3.05) is 12.4 Å². The van der Waals surface area contributed by atoms with Crippen molar-refractivity contribution in [1.29, 1.82) is 0 Å². The molecule has 2 aromatic carbocycles. The fourth-order valence-corrected chi connectivity index (χ4v) is 3.27. The van der Waals surface area contributed by atoms with E-state index >= 15 is 0 Å². The molecule has 1 aliphatic carbocycles. The molecule has 0 atom stereocenters. The van der Waals surface area contributed by atoms with Gasteiger partial charge in [0.1, 0.15) is 11.6 Å². The van der Waals surface area contributed by atoms with E-state index in [9.17, 15) is 25.0 Å². The maximum atomic E-state index is 12.8. The number of non-ortho nitro benzene ring substituents is 2. The number of hydrogen-bond donors (Lipinski definition) is 1. The summed E-state index contributed by atoms with van der Waals surface area (Å²) in [6.07, 6.45) is 2.04. The Morgan fingerprint density at radius 2 is 1.72 bits per heavy atom. The molecule has 1 N–H and O–H groups in total. The topological polar surface area (TPSA) is 142 Å². The summed E-state index contributed by atoms with van der Waals surface area (Å²) >= 11 is 0. The van der Waals surface area contributed by atoms with Gasteiger partial charge in [0.15, 0.2) is 0 Å². The molecule has 164 valence electrons. The molecule has 1 aromatic heterocycles. The third-order valence-electron chi connectivity index (χ3n) is 5.11. The molecule has 11 heteroatoms. The summed E-state index contributed by atoms with van der Waals surface area (Å²) in [5.74, 6) is 0.757. The van der Waals surface area contributed by atoms with Crippen molar-refractivity contribution in [3.8, 4) is 5.75 Å². The van der Waals surface area contributed by atoms with Crippen molar-refractivity contribution in [2.24, 2.45) is 0 Å². The van der Waals surface area contributed by atoms with Crippen LogP contribution in [0.1, 0.15) is 40.4 Å². The molecule has 1 aliphatic rings. The second kappa shape index (κ2) is 8.46. The first-order valence-electron chi connectivity index (χ1n) is 9.80. The summed E-state index contributed by atoms with van der Waals surface area (Å²) in [7, 11) is 1.58. The van der Waals surface area contributed by atoms with Crippen LogP contribution in [0.25, 0.3) is 0 Å². The molecule has 0 saturated heterocycles. The van der Waals surface area contributed by atoms with Gasteiger partial charge in [-0.15, -0.1) is 0 Å². The van der Waals surface area contributed by atoms with Gasteiger partial charge >= 0.3 is 0 Å². The van der Waals surface area contributed by atoms with Gasteiger partial charge < -0.3 is 10.1 Å². The molecule has 0 radical (unpaired) electrons. The van der Waals surface area contributed by atoms with Gasteiger partial charge in [0.25, 0.3) is 17.3 Å². The highest BCUT2D eigenvalue weighted by Crippen LogP contribution is 2.40. The number of ether oxygens (including phenoxy) is 1. The standard InChI is InChI=1S/C21H19N5O6/c1-32-18-6-2-13(3-7-18)12-24-20(11-19(23-24)14-4-5-14)22-21(27)15-8-16(25(28)29)10-17(9-15)26(30)31/h2-3,6-11,14H,4-5,12H2,1H3,(H,22,27). The number of nitrogens with one attached hydrogen (secondary N) is 1. The zero-order chi connectivity index (χ0) is 22.8. The van der Waals surface area contributed by atoms with E-state index in [1.54, 1.807) is 17.9 Å². The van der Waals surface area contributed by atoms with Gasteiger partial charge in [-0.1, -0.05) is 12.1 Å². The average molecular weight is 437 g/mol. The molecule has 0 spiro atoms. The number of carbonyl (C=O) groups is 1. The molecular formula is C21H19N5O6. The number of methoxy groups -OCH3 is 1. The molecule has 1 fully saturated rings. The number of hydrogen-bond acceptors (Lipinski definition) is 7. The lowest BCUT2D eigenvalue weighted by Gasteiger charge is -2.10. The first kappa shape index (κ1) is 21.0. The number of rotatable bonds is 8. The van der Waals surface area contributed by atoms with Crippen LogP contribution in [0.3, 0.4) is 0 Å². The molecule has 0 bridgehead atoms. The molecule has 1 saturated carbocycles. The molecule has 0 aliphatic heterocycles. The lowest BCUT2D eigenvalue weighted by atomic mass is 10.1. The Bertz CT molecular complexity index is 1170. The number of anilines is 1. The van der Waals surface area contributed by atoms with Crippen molar-refractivity contribution in [3.63, 3.8) is 0 Å². The minimum absolute atomic E-state index is 0.184. The van der Waals surface area contributed by atoms with Crippen LogP contribution in [0.4, 0.5) is 17.2 Å². The van der Waals surface area contributed by atoms with Crippen molar-refractivity contribution in [2.45, 2.75) is 25.3 Å². The predicted molar refractivity (Wildman–Crippen MR) is 114 cm³/mol. The third-order valence-corrected chi connectivity index (χ3v) is 5.11. The molecular weight excluding hydrogens is 418 g/mol. The van der Waals surface area contributed by atoms with Crippen LogP contribution >= 0.6 is 0 Å². The predicted octanol–water partition coefficient (Wildman–Crippen LogP) is 3.89. The Hall–Kier alpha value is -4.28. The van der Waals surface area contributed by atoms with Crippen LogP contribution in [0, 0.1) is 20.2 Å². The van der Waals surface area contributed by atoms with Crippen molar-refractivity contribution in [1.82, 2.24) is 9.78 Å². The smallest absolute Gasteiger partial charge is 0.277 e. The largest absolute Gasteiger partial charge is 0.497 e. The van der Waals surface area contributed by atoms with E-state index in [0.29, 0.717) is 24.0 Å². The van der Waals surface area contributed by atoms with Crippen molar-refractivity contribution >= 4 is 23.1 Å². The molecule has 4 rings (SSSR count). The number of aromatic nitrogens is 2. The van der Waals surface area contributed by atoms with Crippen LogP contribution < -0.4 is 10.1 Å². The minimum atomic E-state index is -0.775. The number of nitrogens with zero attached hydrogens (tertiary/aromatic N) is 4. The third kappa shape index (κ3) is 4.56. The number of amides is 1. The molecule has 3 aromatic rings. The van der Waals surface area contributed by atoms with Crippen molar-refractivity contribution in [3.05, 3.63) is 85.6 Å². The van der Waals surface area contributed by atoms with Gasteiger partial charge in [0.2, 0.25) is 0 Å². The quantitative estimate of drug-likeness (QED) is 0.416. The van der Waals surface area contributed by atoms with Crippen molar-refractivity contribution < 1.29 is 19.4 Å². The minimum Gasteiger partial charge on any atom is -0.497 e. The zero-order valence-corrected chi connectivity index (χ0v) is 17.1. The zero-order valence-electron chi connectivity index (χ0n) is 17.1. The van der Waals surface area contributed by atoms with E-state index in [1.165, 1.54) is 0 Å². The summed E-state index contributed by atoms with van der Waals surface area (Å²) < 4.78 is 6.80. The first-order chi connectivity index (χ1) is 15.3. The summed E-state index contributed by atoms with van der Waals surface area (Å²) in [6.45, 7) is 0.376. The average Bonchev–Trinajstić information content (AvgIpc) is 3.56. The Labute approximate surface area is 181 Å². The Morgan fingerprint density at radius 1 is 1.09 bits per heavy atom. The summed E-state index contributed by atoms with van der Waals surface area (Å²) in [6, 6.07) is 12.0. The second-order valence-corrected chi connectivity index (χ2v) is 7.44. The fraction of sp³-hybridized carbons (Fsp3) is 0.238. The van der Waals surface area contributed by atoms with E-state index in [0.717, 1.165) is 42.3 Å². The Morgan fingerprint density at radius 3 is 2.25 bits per heavy atom. The van der Waals surface area contributed by atoms with Gasteiger partial charge in [-0.2, -0.15) is 5.10 Å². The van der Waals surface area contributed by atoms with Crippen LogP contribution in [0.15, 0.2) is 48.5 Å².